The molecule has 3 rings (SSSR count). The molecule has 1 aromatic heterocycles. The van der Waals surface area contributed by atoms with Crippen molar-refractivity contribution in [1.29, 1.82) is 0 Å². The number of benzene rings is 1. The van der Waals surface area contributed by atoms with Gasteiger partial charge in [-0.25, -0.2) is 0 Å². The maximum atomic E-state index is 12.7. The molecule has 0 saturated carbocycles. The number of pyridine rings is 1. The van der Waals surface area contributed by atoms with E-state index in [0.29, 0.717) is 6.54 Å². The lowest BCUT2D eigenvalue weighted by Crippen LogP contribution is -2.36. The summed E-state index contributed by atoms with van der Waals surface area (Å²) in [5.74, 6) is 0.0788. The van der Waals surface area contributed by atoms with E-state index in [1.807, 2.05) is 48.4 Å². The van der Waals surface area contributed by atoms with Crippen molar-refractivity contribution in [2.75, 3.05) is 6.54 Å². The maximum Gasteiger partial charge on any atom is 0.255 e. The van der Waals surface area contributed by atoms with Gasteiger partial charge in [-0.15, -0.1) is 0 Å². The predicted octanol–water partition coefficient (Wildman–Crippen LogP) is 3.35. The van der Waals surface area contributed by atoms with E-state index >= 15 is 0 Å². The van der Waals surface area contributed by atoms with Gasteiger partial charge in [0.05, 0.1) is 5.56 Å². The van der Waals surface area contributed by atoms with Gasteiger partial charge in [0.15, 0.2) is 0 Å². The highest BCUT2D eigenvalue weighted by molar-refractivity contribution is 9.10. The molecule has 0 unspecified atom stereocenters. The van der Waals surface area contributed by atoms with Gasteiger partial charge in [-0.3, -0.25) is 9.78 Å². The Morgan fingerprint density at radius 2 is 2.20 bits per heavy atom. The molecule has 0 radical (unpaired) electrons. The minimum atomic E-state index is 0.0788. The number of aromatic nitrogens is 1. The third-order valence-corrected chi connectivity index (χ3v) is 4.30. The highest BCUT2D eigenvalue weighted by atomic mass is 79.9. The van der Waals surface area contributed by atoms with E-state index in [1.165, 1.54) is 0 Å². The number of aryl methyl sites for hydroxylation is 1. The minimum Gasteiger partial charge on any atom is -0.334 e. The number of nitrogens with zero attached hydrogens (tertiary/aromatic N) is 2. The molecule has 1 amide bonds. The van der Waals surface area contributed by atoms with Crippen molar-refractivity contribution in [2.45, 2.75) is 19.9 Å². The molecule has 102 valence electrons. The van der Waals surface area contributed by atoms with E-state index in [1.54, 1.807) is 0 Å². The summed E-state index contributed by atoms with van der Waals surface area (Å²) in [4.78, 5) is 18.9. The highest BCUT2D eigenvalue weighted by Crippen LogP contribution is 2.23. The lowest BCUT2D eigenvalue weighted by molar-refractivity contribution is 0.0732. The van der Waals surface area contributed by atoms with Crippen LogP contribution in [-0.2, 0) is 13.0 Å². The van der Waals surface area contributed by atoms with Crippen molar-refractivity contribution in [2.24, 2.45) is 0 Å². The summed E-state index contributed by atoms with van der Waals surface area (Å²) in [6.07, 6.45) is 2.64. The Morgan fingerprint density at radius 1 is 1.35 bits per heavy atom. The van der Waals surface area contributed by atoms with Gasteiger partial charge in [0.2, 0.25) is 0 Å². The Labute approximate surface area is 126 Å². The van der Waals surface area contributed by atoms with Crippen molar-refractivity contribution in [3.8, 4) is 0 Å². The number of fused-ring (bicyclic) bond motifs is 1. The number of amides is 1. The van der Waals surface area contributed by atoms with Crippen LogP contribution in [0.4, 0.5) is 0 Å². The fourth-order valence-corrected chi connectivity index (χ4v) is 2.93. The zero-order chi connectivity index (χ0) is 14.1. The van der Waals surface area contributed by atoms with Crippen LogP contribution in [0, 0.1) is 6.92 Å². The van der Waals surface area contributed by atoms with Crippen LogP contribution in [0.3, 0.4) is 0 Å². The third-order valence-electron chi connectivity index (χ3n) is 3.60. The Hall–Kier alpha value is -1.68. The van der Waals surface area contributed by atoms with Crippen LogP contribution in [0.2, 0.25) is 0 Å². The van der Waals surface area contributed by atoms with Gasteiger partial charge in [-0.2, -0.15) is 0 Å². The lowest BCUT2D eigenvalue weighted by Gasteiger charge is -2.28. The Morgan fingerprint density at radius 3 is 3.05 bits per heavy atom. The lowest BCUT2D eigenvalue weighted by atomic mass is 10.0. The first-order chi connectivity index (χ1) is 9.65. The normalized spacial score (nSPS) is 14.0. The molecule has 0 atom stereocenters. The number of carbonyl (C=O) groups is 1. The van der Waals surface area contributed by atoms with Crippen LogP contribution in [-0.4, -0.2) is 22.3 Å². The molecule has 1 aromatic carbocycles. The van der Waals surface area contributed by atoms with Gasteiger partial charge in [0, 0.05) is 35.9 Å². The number of rotatable bonds is 1. The highest BCUT2D eigenvalue weighted by Gasteiger charge is 2.23. The van der Waals surface area contributed by atoms with Crippen LogP contribution in [0.25, 0.3) is 0 Å². The SMILES string of the molecule is Cc1ccc(Br)c(C(=O)N2CCc3ncccc3C2)c1. The van der Waals surface area contributed by atoms with E-state index in [9.17, 15) is 4.79 Å². The average molecular weight is 331 g/mol. The summed E-state index contributed by atoms with van der Waals surface area (Å²) in [6.45, 7) is 3.37. The molecule has 3 nitrogen and oxygen atoms in total. The molecule has 4 heteroatoms. The van der Waals surface area contributed by atoms with Crippen molar-refractivity contribution in [3.05, 3.63) is 63.4 Å². The molecule has 2 heterocycles. The molecule has 0 saturated heterocycles. The van der Waals surface area contributed by atoms with Crippen LogP contribution < -0.4 is 0 Å². The Bertz CT molecular complexity index is 669. The molecule has 0 aliphatic carbocycles. The third kappa shape index (κ3) is 2.48. The summed E-state index contributed by atoms with van der Waals surface area (Å²) in [7, 11) is 0. The number of hydrogen-bond acceptors (Lipinski definition) is 2. The van der Waals surface area contributed by atoms with E-state index in [0.717, 1.165) is 39.8 Å². The first-order valence-corrected chi connectivity index (χ1v) is 7.42. The van der Waals surface area contributed by atoms with Gasteiger partial charge in [0.25, 0.3) is 5.91 Å². The van der Waals surface area contributed by atoms with E-state index in [4.69, 9.17) is 0 Å². The average Bonchev–Trinajstić information content (AvgIpc) is 2.48. The zero-order valence-corrected chi connectivity index (χ0v) is 12.9. The van der Waals surface area contributed by atoms with Crippen molar-refractivity contribution in [1.82, 2.24) is 9.88 Å². The van der Waals surface area contributed by atoms with Crippen molar-refractivity contribution < 1.29 is 4.79 Å². The minimum absolute atomic E-state index is 0.0788. The molecule has 0 bridgehead atoms. The number of halogens is 1. The van der Waals surface area contributed by atoms with Gasteiger partial charge in [-0.1, -0.05) is 17.7 Å². The second-order valence-corrected chi connectivity index (χ2v) is 5.92. The van der Waals surface area contributed by atoms with Crippen LogP contribution in [0.1, 0.15) is 27.2 Å². The zero-order valence-electron chi connectivity index (χ0n) is 11.3. The largest absolute Gasteiger partial charge is 0.334 e. The van der Waals surface area contributed by atoms with Crippen LogP contribution in [0.5, 0.6) is 0 Å². The molecule has 0 spiro atoms. The van der Waals surface area contributed by atoms with E-state index in [-0.39, 0.29) is 5.91 Å². The summed E-state index contributed by atoms with van der Waals surface area (Å²) in [5, 5.41) is 0. The standard InChI is InChI=1S/C16H15BrN2O/c1-11-4-5-14(17)13(9-11)16(20)19-8-6-15-12(10-19)3-2-7-18-15/h2-5,7,9H,6,8,10H2,1H3. The summed E-state index contributed by atoms with van der Waals surface area (Å²) in [5.41, 5.74) is 4.09. The molecular weight excluding hydrogens is 316 g/mol. The molecule has 1 aliphatic rings. The van der Waals surface area contributed by atoms with Crippen LogP contribution >= 0.6 is 15.9 Å². The first-order valence-electron chi connectivity index (χ1n) is 6.63. The van der Waals surface area contributed by atoms with Crippen molar-refractivity contribution >= 4 is 21.8 Å². The van der Waals surface area contributed by atoms with Gasteiger partial charge >= 0.3 is 0 Å². The fraction of sp³-hybridized carbons (Fsp3) is 0.250. The summed E-state index contributed by atoms with van der Waals surface area (Å²) in [6, 6.07) is 9.84. The number of carbonyl (C=O) groups excluding carboxylic acids is 1. The fourth-order valence-electron chi connectivity index (χ4n) is 2.51. The molecule has 0 N–H and O–H groups in total. The molecule has 2 aromatic rings. The van der Waals surface area contributed by atoms with Gasteiger partial charge < -0.3 is 4.90 Å². The van der Waals surface area contributed by atoms with Gasteiger partial charge in [-0.05, 0) is 46.6 Å². The second-order valence-electron chi connectivity index (χ2n) is 5.07. The van der Waals surface area contributed by atoms with E-state index in [2.05, 4.69) is 20.9 Å². The Balaban J connectivity index is 1.88. The maximum absolute atomic E-state index is 12.7. The predicted molar refractivity (Wildman–Crippen MR) is 81.6 cm³/mol. The summed E-state index contributed by atoms with van der Waals surface area (Å²) >= 11 is 3.47. The first kappa shape index (κ1) is 13.3. The monoisotopic (exact) mass is 330 g/mol. The molecule has 0 fully saturated rings. The van der Waals surface area contributed by atoms with E-state index < -0.39 is 0 Å². The quantitative estimate of drug-likeness (QED) is 0.803. The second kappa shape index (κ2) is 5.37. The van der Waals surface area contributed by atoms with Crippen LogP contribution in [0.15, 0.2) is 41.0 Å². The smallest absolute Gasteiger partial charge is 0.255 e. The molecular formula is C16H15BrN2O. The Kier molecular flexibility index (Phi) is 3.57. The topological polar surface area (TPSA) is 33.2 Å². The summed E-state index contributed by atoms with van der Waals surface area (Å²) < 4.78 is 0.852. The van der Waals surface area contributed by atoms with Crippen molar-refractivity contribution in [3.63, 3.8) is 0 Å². The number of hydrogen-bond donors (Lipinski definition) is 0. The van der Waals surface area contributed by atoms with Gasteiger partial charge in [0.1, 0.15) is 0 Å². The molecule has 20 heavy (non-hydrogen) atoms. The molecule has 1 aliphatic heterocycles.